The van der Waals surface area contributed by atoms with Crippen LogP contribution in [0.4, 0.5) is 5.69 Å². The number of rotatable bonds is 7. The fraction of sp³-hybridized carbons (Fsp3) is 0.263. The first-order valence-electron chi connectivity index (χ1n) is 8.83. The third-order valence-corrected chi connectivity index (χ3v) is 4.38. The maximum Gasteiger partial charge on any atom is 0.173 e. The summed E-state index contributed by atoms with van der Waals surface area (Å²) < 4.78 is 1.87. The van der Waals surface area contributed by atoms with E-state index < -0.39 is 0 Å². The first-order chi connectivity index (χ1) is 12.8. The van der Waals surface area contributed by atoms with E-state index in [-0.39, 0.29) is 6.04 Å². The second-order valence-corrected chi connectivity index (χ2v) is 6.30. The molecule has 4 aromatic rings. The van der Waals surface area contributed by atoms with Crippen molar-refractivity contribution in [3.8, 4) is 0 Å². The van der Waals surface area contributed by atoms with Crippen molar-refractivity contribution >= 4 is 16.7 Å². The zero-order valence-corrected chi connectivity index (χ0v) is 14.6. The van der Waals surface area contributed by atoms with E-state index in [2.05, 4.69) is 55.9 Å². The Kier molecular flexibility index (Phi) is 4.59. The molecule has 0 saturated heterocycles. The van der Waals surface area contributed by atoms with Crippen LogP contribution in [-0.2, 0) is 6.54 Å². The predicted octanol–water partition coefficient (Wildman–Crippen LogP) is 3.55. The summed E-state index contributed by atoms with van der Waals surface area (Å²) in [7, 11) is 0. The predicted molar refractivity (Wildman–Crippen MR) is 101 cm³/mol. The van der Waals surface area contributed by atoms with Gasteiger partial charge < -0.3 is 10.3 Å². The average molecular weight is 347 g/mol. The topological polar surface area (TPSA) is 84.3 Å². The molecule has 0 saturated carbocycles. The Balaban J connectivity index is 1.59. The number of nitrogens with one attached hydrogen (secondary N) is 2. The lowest BCUT2D eigenvalue weighted by Gasteiger charge is -2.19. The Morgan fingerprint density at radius 3 is 2.88 bits per heavy atom. The Morgan fingerprint density at radius 2 is 2.04 bits per heavy atom. The highest BCUT2D eigenvalue weighted by Crippen LogP contribution is 2.24. The van der Waals surface area contributed by atoms with Crippen LogP contribution >= 0.6 is 0 Å². The summed E-state index contributed by atoms with van der Waals surface area (Å²) in [5.74, 6) is 0.848. The number of aromatic amines is 1. The largest absolute Gasteiger partial charge is 0.375 e. The number of aromatic nitrogens is 6. The number of nitrogens with zero attached hydrogens (tertiary/aromatic N) is 5. The van der Waals surface area contributed by atoms with Crippen molar-refractivity contribution < 1.29 is 0 Å². The lowest BCUT2D eigenvalue weighted by Crippen LogP contribution is -2.18. The van der Waals surface area contributed by atoms with Crippen LogP contribution < -0.4 is 5.32 Å². The molecule has 0 aliphatic carbocycles. The molecule has 0 spiro atoms. The van der Waals surface area contributed by atoms with Gasteiger partial charge in [-0.1, -0.05) is 43.7 Å². The summed E-state index contributed by atoms with van der Waals surface area (Å²) >= 11 is 0. The van der Waals surface area contributed by atoms with Crippen molar-refractivity contribution in [2.75, 3.05) is 5.32 Å². The van der Waals surface area contributed by atoms with Gasteiger partial charge in [0.25, 0.3) is 0 Å². The standard InChI is InChI=1S/C19H21N7/c1-2-6-17(22-15-9-10-16-18(11-15)21-13-20-16)19-23-24-25-26(19)12-14-7-4-3-5-8-14/h3-5,7-11,13,17,22H,2,6,12H2,1H3,(H,20,21). The minimum Gasteiger partial charge on any atom is -0.375 e. The Bertz CT molecular complexity index is 974. The molecular weight excluding hydrogens is 326 g/mol. The number of tetrazole rings is 1. The van der Waals surface area contributed by atoms with Crippen LogP contribution in [0.5, 0.6) is 0 Å². The summed E-state index contributed by atoms with van der Waals surface area (Å²) in [6.07, 6.45) is 3.68. The van der Waals surface area contributed by atoms with Crippen molar-refractivity contribution in [3.63, 3.8) is 0 Å². The molecule has 0 aliphatic rings. The number of hydrogen-bond donors (Lipinski definition) is 2. The number of imidazole rings is 1. The summed E-state index contributed by atoms with van der Waals surface area (Å²) in [5, 5.41) is 16.0. The molecule has 0 amide bonds. The average Bonchev–Trinajstić information content (AvgIpc) is 3.31. The minimum absolute atomic E-state index is 0.0408. The van der Waals surface area contributed by atoms with Gasteiger partial charge in [0, 0.05) is 5.69 Å². The Morgan fingerprint density at radius 1 is 1.15 bits per heavy atom. The molecule has 2 aromatic carbocycles. The molecule has 2 aromatic heterocycles. The van der Waals surface area contributed by atoms with E-state index >= 15 is 0 Å². The molecule has 0 bridgehead atoms. The Hall–Kier alpha value is -3.22. The van der Waals surface area contributed by atoms with Gasteiger partial charge in [-0.3, -0.25) is 0 Å². The SMILES string of the molecule is CCCC(Nc1ccc2nc[nH]c2c1)c1nnnn1Cc1ccccc1. The van der Waals surface area contributed by atoms with Gasteiger partial charge in [0.2, 0.25) is 0 Å². The summed E-state index contributed by atoms with van der Waals surface area (Å²) in [4.78, 5) is 7.41. The molecule has 2 heterocycles. The normalized spacial score (nSPS) is 12.3. The van der Waals surface area contributed by atoms with Gasteiger partial charge in [0.15, 0.2) is 5.82 Å². The smallest absolute Gasteiger partial charge is 0.173 e. The highest BCUT2D eigenvalue weighted by atomic mass is 15.5. The first kappa shape index (κ1) is 16.3. The van der Waals surface area contributed by atoms with Gasteiger partial charge in [-0.15, -0.1) is 5.10 Å². The fourth-order valence-electron chi connectivity index (χ4n) is 3.11. The lowest BCUT2D eigenvalue weighted by atomic mass is 10.1. The van der Waals surface area contributed by atoms with Crippen molar-refractivity contribution in [1.82, 2.24) is 30.2 Å². The molecule has 1 unspecified atom stereocenters. The molecule has 2 N–H and O–H groups in total. The number of anilines is 1. The van der Waals surface area contributed by atoms with Crippen LogP contribution in [0.15, 0.2) is 54.9 Å². The second kappa shape index (κ2) is 7.35. The third kappa shape index (κ3) is 3.42. The second-order valence-electron chi connectivity index (χ2n) is 6.30. The minimum atomic E-state index is 0.0408. The first-order valence-corrected chi connectivity index (χ1v) is 8.83. The number of hydrogen-bond acceptors (Lipinski definition) is 5. The summed E-state index contributed by atoms with van der Waals surface area (Å²) in [6.45, 7) is 2.82. The van der Waals surface area contributed by atoms with Gasteiger partial charge >= 0.3 is 0 Å². The van der Waals surface area contributed by atoms with E-state index in [1.54, 1.807) is 6.33 Å². The Labute approximate surface area is 151 Å². The van der Waals surface area contributed by atoms with Crippen LogP contribution in [0, 0.1) is 0 Å². The molecule has 0 fully saturated rings. The maximum atomic E-state index is 4.30. The summed E-state index contributed by atoms with van der Waals surface area (Å²) in [6, 6.07) is 16.4. The maximum absolute atomic E-state index is 4.30. The lowest BCUT2D eigenvalue weighted by molar-refractivity contribution is 0.560. The van der Waals surface area contributed by atoms with Crippen LogP contribution in [-0.4, -0.2) is 30.2 Å². The molecule has 26 heavy (non-hydrogen) atoms. The van der Waals surface area contributed by atoms with E-state index in [1.807, 2.05) is 35.0 Å². The van der Waals surface area contributed by atoms with E-state index in [0.29, 0.717) is 6.54 Å². The molecule has 4 rings (SSSR count). The summed E-state index contributed by atoms with van der Waals surface area (Å²) in [5.41, 5.74) is 4.16. The van der Waals surface area contributed by atoms with Crippen molar-refractivity contribution in [3.05, 3.63) is 66.2 Å². The molecule has 132 valence electrons. The highest BCUT2D eigenvalue weighted by Gasteiger charge is 2.19. The number of benzene rings is 2. The van der Waals surface area contributed by atoms with E-state index in [1.165, 1.54) is 5.56 Å². The quantitative estimate of drug-likeness (QED) is 0.534. The van der Waals surface area contributed by atoms with Crippen LogP contribution in [0.3, 0.4) is 0 Å². The third-order valence-electron chi connectivity index (χ3n) is 4.38. The van der Waals surface area contributed by atoms with Crippen molar-refractivity contribution in [2.24, 2.45) is 0 Å². The zero-order chi connectivity index (χ0) is 17.8. The highest BCUT2D eigenvalue weighted by molar-refractivity contribution is 5.78. The van der Waals surface area contributed by atoms with Crippen LogP contribution in [0.1, 0.15) is 37.2 Å². The monoisotopic (exact) mass is 347 g/mol. The molecule has 0 radical (unpaired) electrons. The van der Waals surface area contributed by atoms with Gasteiger partial charge in [-0.2, -0.15) is 0 Å². The molecule has 0 aliphatic heterocycles. The molecule has 1 atom stereocenters. The van der Waals surface area contributed by atoms with Gasteiger partial charge in [0.05, 0.1) is 29.9 Å². The van der Waals surface area contributed by atoms with E-state index in [0.717, 1.165) is 35.4 Å². The fourth-order valence-corrected chi connectivity index (χ4v) is 3.11. The molecule has 7 heteroatoms. The number of H-pyrrole nitrogens is 1. The van der Waals surface area contributed by atoms with Crippen molar-refractivity contribution in [1.29, 1.82) is 0 Å². The van der Waals surface area contributed by atoms with Crippen LogP contribution in [0.2, 0.25) is 0 Å². The molecular formula is C19H21N7. The van der Waals surface area contributed by atoms with Crippen molar-refractivity contribution in [2.45, 2.75) is 32.4 Å². The van der Waals surface area contributed by atoms with E-state index in [4.69, 9.17) is 0 Å². The van der Waals surface area contributed by atoms with Gasteiger partial charge in [0.1, 0.15) is 0 Å². The van der Waals surface area contributed by atoms with E-state index in [9.17, 15) is 0 Å². The van der Waals surface area contributed by atoms with Gasteiger partial charge in [-0.05, 0) is 40.6 Å². The van der Waals surface area contributed by atoms with Crippen LogP contribution in [0.25, 0.3) is 11.0 Å². The number of fused-ring (bicyclic) bond motifs is 1. The zero-order valence-electron chi connectivity index (χ0n) is 14.6. The van der Waals surface area contributed by atoms with Gasteiger partial charge in [-0.25, -0.2) is 9.67 Å². The molecule has 7 nitrogen and oxygen atoms in total.